The highest BCUT2D eigenvalue weighted by molar-refractivity contribution is 5.96. The van der Waals surface area contributed by atoms with E-state index in [9.17, 15) is 18.0 Å². The summed E-state index contributed by atoms with van der Waals surface area (Å²) in [5.74, 6) is -0.726. The molecule has 0 heterocycles. The van der Waals surface area contributed by atoms with Crippen molar-refractivity contribution in [2.24, 2.45) is 0 Å². The smallest absolute Gasteiger partial charge is 0.406 e. The number of hydrogen-bond acceptors (Lipinski definition) is 4. The first-order chi connectivity index (χ1) is 11.8. The number of hydrogen-bond donors (Lipinski definition) is 3. The number of aliphatic hydroxyl groups excluding tert-OH is 1. The zero-order valence-corrected chi connectivity index (χ0v) is 13.3. The average molecular weight is 354 g/mol. The van der Waals surface area contributed by atoms with Gasteiger partial charge in [-0.15, -0.1) is 13.2 Å². The van der Waals surface area contributed by atoms with E-state index in [1.807, 2.05) is 0 Å². The molecule has 1 unspecified atom stereocenters. The zero-order chi connectivity index (χ0) is 18.4. The fourth-order valence-corrected chi connectivity index (χ4v) is 2.07. The predicted molar refractivity (Wildman–Crippen MR) is 87.2 cm³/mol. The SMILES string of the molecule is CC(Nc1cccc(CO)c1)C(=O)Nc1ccc(OC(F)(F)F)cc1. The third-order valence-corrected chi connectivity index (χ3v) is 3.24. The number of anilines is 2. The molecule has 0 spiro atoms. The molecule has 0 aliphatic heterocycles. The first kappa shape index (κ1) is 18.6. The summed E-state index contributed by atoms with van der Waals surface area (Å²) in [6.45, 7) is 1.53. The number of alkyl halides is 3. The Labute approximate surface area is 142 Å². The summed E-state index contributed by atoms with van der Waals surface area (Å²) in [5, 5.41) is 14.7. The quantitative estimate of drug-likeness (QED) is 0.742. The predicted octanol–water partition coefficient (Wildman–Crippen LogP) is 3.52. The summed E-state index contributed by atoms with van der Waals surface area (Å²) >= 11 is 0. The van der Waals surface area contributed by atoms with Crippen LogP contribution in [0.15, 0.2) is 48.5 Å². The topological polar surface area (TPSA) is 70.6 Å². The Morgan fingerprint density at radius 3 is 2.44 bits per heavy atom. The molecule has 0 fully saturated rings. The Morgan fingerprint density at radius 1 is 1.16 bits per heavy atom. The molecule has 0 aromatic heterocycles. The van der Waals surface area contributed by atoms with E-state index in [2.05, 4.69) is 15.4 Å². The van der Waals surface area contributed by atoms with Gasteiger partial charge in [0.15, 0.2) is 0 Å². The number of carbonyl (C=O) groups is 1. The van der Waals surface area contributed by atoms with Gasteiger partial charge in [-0.2, -0.15) is 0 Å². The van der Waals surface area contributed by atoms with E-state index < -0.39 is 12.4 Å². The van der Waals surface area contributed by atoms with E-state index in [-0.39, 0.29) is 18.3 Å². The molecule has 0 bridgehead atoms. The van der Waals surface area contributed by atoms with Crippen LogP contribution in [0.3, 0.4) is 0 Å². The highest BCUT2D eigenvalue weighted by Crippen LogP contribution is 2.24. The molecule has 25 heavy (non-hydrogen) atoms. The van der Waals surface area contributed by atoms with Gasteiger partial charge in [0.2, 0.25) is 5.91 Å². The lowest BCUT2D eigenvalue weighted by Crippen LogP contribution is -2.31. The van der Waals surface area contributed by atoms with E-state index in [0.717, 1.165) is 12.1 Å². The summed E-state index contributed by atoms with van der Waals surface area (Å²) in [7, 11) is 0. The summed E-state index contributed by atoms with van der Waals surface area (Å²) in [6, 6.07) is 11.2. The first-order valence-corrected chi connectivity index (χ1v) is 7.40. The van der Waals surface area contributed by atoms with Crippen LogP contribution in [-0.4, -0.2) is 23.4 Å². The van der Waals surface area contributed by atoms with Crippen LogP contribution in [0, 0.1) is 0 Å². The Balaban J connectivity index is 1.94. The van der Waals surface area contributed by atoms with Crippen molar-refractivity contribution >= 4 is 17.3 Å². The van der Waals surface area contributed by atoms with Crippen molar-refractivity contribution in [2.75, 3.05) is 10.6 Å². The van der Waals surface area contributed by atoms with Gasteiger partial charge in [-0.25, -0.2) is 0 Å². The molecular weight excluding hydrogens is 337 g/mol. The molecule has 134 valence electrons. The fourth-order valence-electron chi connectivity index (χ4n) is 2.07. The molecule has 0 aliphatic carbocycles. The van der Waals surface area contributed by atoms with Crippen molar-refractivity contribution in [1.82, 2.24) is 0 Å². The number of nitrogens with one attached hydrogen (secondary N) is 2. The largest absolute Gasteiger partial charge is 0.573 e. The highest BCUT2D eigenvalue weighted by Gasteiger charge is 2.31. The summed E-state index contributed by atoms with van der Waals surface area (Å²) < 4.78 is 40.1. The molecule has 2 aromatic carbocycles. The summed E-state index contributed by atoms with van der Waals surface area (Å²) in [5.41, 5.74) is 1.72. The lowest BCUT2D eigenvalue weighted by Gasteiger charge is -2.16. The van der Waals surface area contributed by atoms with Crippen LogP contribution < -0.4 is 15.4 Å². The number of carbonyl (C=O) groups excluding carboxylic acids is 1. The number of benzene rings is 2. The molecule has 5 nitrogen and oxygen atoms in total. The third kappa shape index (κ3) is 6.00. The molecule has 0 saturated carbocycles. The van der Waals surface area contributed by atoms with Gasteiger partial charge in [0, 0.05) is 11.4 Å². The maximum atomic E-state index is 12.2. The molecule has 1 amide bonds. The normalized spacial score (nSPS) is 12.4. The number of rotatable bonds is 6. The van der Waals surface area contributed by atoms with Crippen LogP contribution in [0.1, 0.15) is 12.5 Å². The minimum atomic E-state index is -4.76. The summed E-state index contributed by atoms with van der Waals surface area (Å²) in [6.07, 6.45) is -4.76. The highest BCUT2D eigenvalue weighted by atomic mass is 19.4. The van der Waals surface area contributed by atoms with Gasteiger partial charge in [-0.3, -0.25) is 4.79 Å². The van der Waals surface area contributed by atoms with Crippen molar-refractivity contribution in [3.05, 3.63) is 54.1 Å². The first-order valence-electron chi connectivity index (χ1n) is 7.40. The van der Waals surface area contributed by atoms with Crippen molar-refractivity contribution in [1.29, 1.82) is 0 Å². The fraction of sp³-hybridized carbons (Fsp3) is 0.235. The number of halogens is 3. The molecular formula is C17H17F3N2O3. The molecule has 0 aliphatic rings. The van der Waals surface area contributed by atoms with Crippen LogP contribution >= 0.6 is 0 Å². The van der Waals surface area contributed by atoms with Gasteiger partial charge < -0.3 is 20.5 Å². The van der Waals surface area contributed by atoms with Gasteiger partial charge in [0.1, 0.15) is 11.8 Å². The second kappa shape index (κ2) is 7.89. The Morgan fingerprint density at radius 2 is 1.84 bits per heavy atom. The van der Waals surface area contributed by atoms with Crippen LogP contribution in [0.5, 0.6) is 5.75 Å². The second-order valence-electron chi connectivity index (χ2n) is 5.29. The molecule has 2 aromatic rings. The van der Waals surface area contributed by atoms with Gasteiger partial charge in [-0.05, 0) is 48.9 Å². The van der Waals surface area contributed by atoms with Gasteiger partial charge in [-0.1, -0.05) is 12.1 Å². The van der Waals surface area contributed by atoms with Crippen LogP contribution in [0.25, 0.3) is 0 Å². The number of amides is 1. The van der Waals surface area contributed by atoms with Crippen LogP contribution in [0.4, 0.5) is 24.5 Å². The molecule has 0 saturated heterocycles. The van der Waals surface area contributed by atoms with E-state index in [4.69, 9.17) is 5.11 Å². The maximum Gasteiger partial charge on any atom is 0.573 e. The van der Waals surface area contributed by atoms with Crippen molar-refractivity contribution in [3.8, 4) is 5.75 Å². The molecule has 3 N–H and O–H groups in total. The minimum absolute atomic E-state index is 0.109. The average Bonchev–Trinajstić information content (AvgIpc) is 2.55. The van der Waals surface area contributed by atoms with Crippen molar-refractivity contribution in [2.45, 2.75) is 25.9 Å². The molecule has 2 rings (SSSR count). The second-order valence-corrected chi connectivity index (χ2v) is 5.29. The third-order valence-electron chi connectivity index (χ3n) is 3.24. The minimum Gasteiger partial charge on any atom is -0.406 e. The maximum absolute atomic E-state index is 12.2. The van der Waals surface area contributed by atoms with Crippen LogP contribution in [-0.2, 0) is 11.4 Å². The van der Waals surface area contributed by atoms with Gasteiger partial charge in [0.05, 0.1) is 6.61 Å². The Hall–Kier alpha value is -2.74. The lowest BCUT2D eigenvalue weighted by atomic mass is 10.2. The van der Waals surface area contributed by atoms with Crippen LogP contribution in [0.2, 0.25) is 0 Å². The summed E-state index contributed by atoms with van der Waals surface area (Å²) in [4.78, 5) is 12.2. The van der Waals surface area contributed by atoms with E-state index >= 15 is 0 Å². The standard InChI is InChI=1S/C17H17F3N2O3/c1-11(21-14-4-2-3-12(9-14)10-23)16(24)22-13-5-7-15(8-6-13)25-17(18,19)20/h2-9,11,21,23H,10H2,1H3,(H,22,24). The Kier molecular flexibility index (Phi) is 5.87. The van der Waals surface area contributed by atoms with Crippen molar-refractivity contribution < 1.29 is 27.8 Å². The molecule has 1 atom stereocenters. The number of ether oxygens (including phenoxy) is 1. The van der Waals surface area contributed by atoms with E-state index in [1.54, 1.807) is 31.2 Å². The lowest BCUT2D eigenvalue weighted by molar-refractivity contribution is -0.274. The molecule has 0 radical (unpaired) electrons. The zero-order valence-electron chi connectivity index (χ0n) is 13.3. The molecule has 8 heteroatoms. The van der Waals surface area contributed by atoms with Gasteiger partial charge in [0.25, 0.3) is 0 Å². The monoisotopic (exact) mass is 354 g/mol. The van der Waals surface area contributed by atoms with E-state index in [0.29, 0.717) is 16.9 Å². The van der Waals surface area contributed by atoms with Crippen molar-refractivity contribution in [3.63, 3.8) is 0 Å². The van der Waals surface area contributed by atoms with E-state index in [1.165, 1.54) is 12.1 Å². The number of aliphatic hydroxyl groups is 1. The Bertz CT molecular complexity index is 718. The van der Waals surface area contributed by atoms with Gasteiger partial charge >= 0.3 is 6.36 Å².